The molecule has 5 rings (SSSR count). The summed E-state index contributed by atoms with van der Waals surface area (Å²) in [5.41, 5.74) is 11.2. The van der Waals surface area contributed by atoms with Gasteiger partial charge < -0.3 is 15.5 Å². The van der Waals surface area contributed by atoms with Crippen LogP contribution < -0.4 is 11.1 Å². The van der Waals surface area contributed by atoms with Crippen molar-refractivity contribution in [3.8, 4) is 17.2 Å². The van der Waals surface area contributed by atoms with Crippen LogP contribution in [0.15, 0.2) is 71.4 Å². The standard InChI is InChI=1S/C25H20N6O/c1-25(2,13-26)17-5-7-18(8-6-17)30-23-19-11-15(3-9-20(19)28-14-29-23)16-4-10-22-21(12-16)31-24(27)32-22/h3-12,14H,1-2H3,(H2,27,31)(H,28,29,30). The Hall–Kier alpha value is -4.44. The molecule has 7 heteroatoms. The number of benzene rings is 3. The zero-order valence-corrected chi connectivity index (χ0v) is 17.6. The van der Waals surface area contributed by atoms with Crippen LogP contribution in [0.5, 0.6) is 0 Å². The number of nitrogen functional groups attached to an aromatic ring is 1. The van der Waals surface area contributed by atoms with Gasteiger partial charge in [-0.2, -0.15) is 10.2 Å². The van der Waals surface area contributed by atoms with Crippen molar-refractivity contribution in [1.82, 2.24) is 15.0 Å². The third-order valence-corrected chi connectivity index (χ3v) is 5.52. The molecule has 2 heterocycles. The van der Waals surface area contributed by atoms with E-state index < -0.39 is 5.41 Å². The summed E-state index contributed by atoms with van der Waals surface area (Å²) in [5.74, 6) is 0.705. The van der Waals surface area contributed by atoms with Gasteiger partial charge in [-0.25, -0.2) is 9.97 Å². The number of nitriles is 1. The molecule has 2 aromatic heterocycles. The molecule has 0 saturated carbocycles. The molecule has 0 saturated heterocycles. The van der Waals surface area contributed by atoms with E-state index in [2.05, 4.69) is 32.4 Å². The molecule has 0 bridgehead atoms. The number of hydrogen-bond donors (Lipinski definition) is 2. The first-order valence-corrected chi connectivity index (χ1v) is 10.1. The molecule has 3 N–H and O–H groups in total. The highest BCUT2D eigenvalue weighted by atomic mass is 16.4. The lowest BCUT2D eigenvalue weighted by Crippen LogP contribution is -2.13. The number of hydrogen-bond acceptors (Lipinski definition) is 7. The first-order chi connectivity index (χ1) is 15.4. The molecule has 5 aromatic rings. The fourth-order valence-electron chi connectivity index (χ4n) is 3.63. The number of nitrogens with two attached hydrogens (primary N) is 1. The minimum Gasteiger partial charge on any atom is -0.424 e. The van der Waals surface area contributed by atoms with Gasteiger partial charge >= 0.3 is 0 Å². The molecule has 0 unspecified atom stereocenters. The van der Waals surface area contributed by atoms with Crippen molar-refractivity contribution >= 4 is 39.5 Å². The third kappa shape index (κ3) is 3.48. The molecule has 0 fully saturated rings. The second kappa shape index (κ2) is 7.36. The first kappa shape index (κ1) is 19.5. The average molecular weight is 420 g/mol. The maximum Gasteiger partial charge on any atom is 0.292 e. The first-order valence-electron chi connectivity index (χ1n) is 10.1. The van der Waals surface area contributed by atoms with Gasteiger partial charge in [0.2, 0.25) is 0 Å². The topological polar surface area (TPSA) is 114 Å². The summed E-state index contributed by atoms with van der Waals surface area (Å²) in [6.07, 6.45) is 1.54. The molecule has 0 aliphatic carbocycles. The molecular formula is C25H20N6O. The Morgan fingerprint density at radius 1 is 0.938 bits per heavy atom. The summed E-state index contributed by atoms with van der Waals surface area (Å²) in [5, 5.41) is 13.6. The molecule has 0 amide bonds. The quantitative estimate of drug-likeness (QED) is 0.391. The average Bonchev–Trinajstić information content (AvgIpc) is 3.18. The SMILES string of the molecule is CC(C)(C#N)c1ccc(Nc2ncnc3ccc(-c4ccc5oc(N)nc5c4)cc23)cc1. The van der Waals surface area contributed by atoms with Crippen molar-refractivity contribution in [3.63, 3.8) is 0 Å². The van der Waals surface area contributed by atoms with Crippen molar-refractivity contribution < 1.29 is 4.42 Å². The van der Waals surface area contributed by atoms with Gasteiger partial charge in [0.15, 0.2) is 5.58 Å². The van der Waals surface area contributed by atoms with Crippen LogP contribution in [0.2, 0.25) is 0 Å². The van der Waals surface area contributed by atoms with E-state index in [4.69, 9.17) is 10.2 Å². The number of nitrogens with zero attached hydrogens (tertiary/aromatic N) is 4. The predicted molar refractivity (Wildman–Crippen MR) is 125 cm³/mol. The van der Waals surface area contributed by atoms with Gasteiger partial charge in [-0.15, -0.1) is 0 Å². The van der Waals surface area contributed by atoms with E-state index in [1.807, 2.05) is 68.4 Å². The Labute approximate surface area is 184 Å². The number of nitrogens with one attached hydrogen (secondary N) is 1. The van der Waals surface area contributed by atoms with Crippen molar-refractivity contribution in [3.05, 3.63) is 72.6 Å². The van der Waals surface area contributed by atoms with Crippen LogP contribution in [0.1, 0.15) is 19.4 Å². The Kier molecular flexibility index (Phi) is 4.49. The fraction of sp³-hybridized carbons (Fsp3) is 0.120. The van der Waals surface area contributed by atoms with Gasteiger partial charge in [-0.3, -0.25) is 0 Å². The highest BCUT2D eigenvalue weighted by Crippen LogP contribution is 2.31. The fourth-order valence-corrected chi connectivity index (χ4v) is 3.63. The smallest absolute Gasteiger partial charge is 0.292 e. The molecule has 7 nitrogen and oxygen atoms in total. The van der Waals surface area contributed by atoms with Gasteiger partial charge in [-0.05, 0) is 66.9 Å². The lowest BCUT2D eigenvalue weighted by atomic mass is 9.86. The van der Waals surface area contributed by atoms with Crippen molar-refractivity contribution in [2.24, 2.45) is 0 Å². The lowest BCUT2D eigenvalue weighted by Gasteiger charge is -2.16. The van der Waals surface area contributed by atoms with Crippen LogP contribution in [0.4, 0.5) is 17.5 Å². The Balaban J connectivity index is 1.52. The zero-order chi connectivity index (χ0) is 22.3. The number of fused-ring (bicyclic) bond motifs is 2. The molecule has 0 atom stereocenters. The molecule has 0 radical (unpaired) electrons. The Morgan fingerprint density at radius 2 is 1.69 bits per heavy atom. The molecule has 0 spiro atoms. The number of anilines is 3. The highest BCUT2D eigenvalue weighted by Gasteiger charge is 2.19. The van der Waals surface area contributed by atoms with Crippen LogP contribution in [0, 0.1) is 11.3 Å². The van der Waals surface area contributed by atoms with Gasteiger partial charge in [0.25, 0.3) is 6.01 Å². The van der Waals surface area contributed by atoms with E-state index in [9.17, 15) is 5.26 Å². The molecular weight excluding hydrogens is 400 g/mol. The van der Waals surface area contributed by atoms with E-state index >= 15 is 0 Å². The summed E-state index contributed by atoms with van der Waals surface area (Å²) in [4.78, 5) is 13.1. The third-order valence-electron chi connectivity index (χ3n) is 5.52. The van der Waals surface area contributed by atoms with Crippen LogP contribution in [0.3, 0.4) is 0 Å². The van der Waals surface area contributed by atoms with Crippen LogP contribution in [-0.4, -0.2) is 15.0 Å². The number of oxazole rings is 1. The summed E-state index contributed by atoms with van der Waals surface area (Å²) < 4.78 is 5.37. The lowest BCUT2D eigenvalue weighted by molar-refractivity contribution is 0.626. The highest BCUT2D eigenvalue weighted by molar-refractivity contribution is 5.94. The second-order valence-corrected chi connectivity index (χ2v) is 8.13. The van der Waals surface area contributed by atoms with Crippen molar-refractivity contribution in [1.29, 1.82) is 5.26 Å². The maximum atomic E-state index is 9.35. The van der Waals surface area contributed by atoms with Gasteiger partial charge in [-0.1, -0.05) is 24.3 Å². The van der Waals surface area contributed by atoms with Crippen molar-refractivity contribution in [2.75, 3.05) is 11.1 Å². The Morgan fingerprint density at radius 3 is 2.47 bits per heavy atom. The summed E-state index contributed by atoms with van der Waals surface area (Å²) in [6, 6.07) is 22.1. The summed E-state index contributed by atoms with van der Waals surface area (Å²) in [7, 11) is 0. The Bertz CT molecular complexity index is 1500. The monoisotopic (exact) mass is 420 g/mol. The van der Waals surface area contributed by atoms with Crippen LogP contribution >= 0.6 is 0 Å². The minimum absolute atomic E-state index is 0.153. The number of rotatable bonds is 4. The van der Waals surface area contributed by atoms with Gasteiger partial charge in [0, 0.05) is 11.1 Å². The van der Waals surface area contributed by atoms with Crippen molar-refractivity contribution in [2.45, 2.75) is 19.3 Å². The van der Waals surface area contributed by atoms with Gasteiger partial charge in [0.05, 0.1) is 17.0 Å². The molecule has 0 aliphatic rings. The van der Waals surface area contributed by atoms with Crippen LogP contribution in [0.25, 0.3) is 33.1 Å². The maximum absolute atomic E-state index is 9.35. The summed E-state index contributed by atoms with van der Waals surface area (Å²) >= 11 is 0. The summed E-state index contributed by atoms with van der Waals surface area (Å²) in [6.45, 7) is 3.80. The van der Waals surface area contributed by atoms with E-state index in [0.29, 0.717) is 16.9 Å². The van der Waals surface area contributed by atoms with E-state index in [1.54, 1.807) is 6.33 Å². The zero-order valence-electron chi connectivity index (χ0n) is 17.6. The predicted octanol–water partition coefficient (Wildman–Crippen LogP) is 5.56. The minimum atomic E-state index is -0.537. The normalized spacial score (nSPS) is 11.5. The largest absolute Gasteiger partial charge is 0.424 e. The van der Waals surface area contributed by atoms with Crippen LogP contribution in [-0.2, 0) is 5.41 Å². The molecule has 32 heavy (non-hydrogen) atoms. The van der Waals surface area contributed by atoms with E-state index in [-0.39, 0.29) is 6.01 Å². The molecule has 0 aliphatic heterocycles. The molecule has 156 valence electrons. The van der Waals surface area contributed by atoms with E-state index in [1.165, 1.54) is 0 Å². The van der Waals surface area contributed by atoms with Gasteiger partial charge in [0.1, 0.15) is 17.7 Å². The van der Waals surface area contributed by atoms with E-state index in [0.717, 1.165) is 33.3 Å². The number of aromatic nitrogens is 3. The second-order valence-electron chi connectivity index (χ2n) is 8.13. The molecule has 3 aromatic carbocycles.